The first-order valence-electron chi connectivity index (χ1n) is 5.90. The topological polar surface area (TPSA) is 35.5 Å². The Hall–Kier alpha value is -0.120. The normalized spacial score (nSPS) is 16.0. The number of nitrogens with zero attached hydrogens (tertiary/aromatic N) is 1. The van der Waals surface area contributed by atoms with Crippen LogP contribution in [0.2, 0.25) is 0 Å². The van der Waals surface area contributed by atoms with Gasteiger partial charge in [-0.1, -0.05) is 13.8 Å². The Labute approximate surface area is 94.9 Å². The van der Waals surface area contributed by atoms with Crippen LogP contribution in [0.15, 0.2) is 0 Å². The van der Waals surface area contributed by atoms with E-state index in [4.69, 9.17) is 0 Å². The zero-order chi connectivity index (χ0) is 11.9. The highest BCUT2D eigenvalue weighted by Crippen LogP contribution is 2.15. The van der Waals surface area contributed by atoms with E-state index in [1.807, 2.05) is 0 Å². The lowest BCUT2D eigenvalue weighted by Crippen LogP contribution is -2.48. The molecule has 0 aromatic carbocycles. The summed E-state index contributed by atoms with van der Waals surface area (Å²) in [6.45, 7) is 8.70. The van der Waals surface area contributed by atoms with Crippen molar-refractivity contribution < 1.29 is 5.11 Å². The quantitative estimate of drug-likeness (QED) is 0.642. The summed E-state index contributed by atoms with van der Waals surface area (Å²) in [5, 5.41) is 12.8. The molecule has 0 heterocycles. The molecule has 0 aromatic heterocycles. The average Bonchev–Trinajstić information content (AvgIpc) is 2.14. The van der Waals surface area contributed by atoms with Gasteiger partial charge in [0.2, 0.25) is 0 Å². The van der Waals surface area contributed by atoms with E-state index in [2.05, 4.69) is 45.1 Å². The van der Waals surface area contributed by atoms with Gasteiger partial charge in [0, 0.05) is 18.6 Å². The number of hydrogen-bond acceptors (Lipinski definition) is 3. The summed E-state index contributed by atoms with van der Waals surface area (Å²) in [6, 6.07) is 0. The van der Waals surface area contributed by atoms with Gasteiger partial charge in [-0.2, -0.15) is 0 Å². The van der Waals surface area contributed by atoms with Gasteiger partial charge in [-0.3, -0.25) is 0 Å². The summed E-state index contributed by atoms with van der Waals surface area (Å²) in [5.74, 6) is 0.700. The molecule has 0 rings (SSSR count). The fourth-order valence-electron chi connectivity index (χ4n) is 1.41. The van der Waals surface area contributed by atoms with Crippen molar-refractivity contribution in [1.82, 2.24) is 10.2 Å². The maximum absolute atomic E-state index is 9.39. The molecular formula is C12H28N2O. The third kappa shape index (κ3) is 7.77. The maximum Gasteiger partial charge on any atom is 0.0610 e. The van der Waals surface area contributed by atoms with Crippen molar-refractivity contribution >= 4 is 0 Å². The van der Waals surface area contributed by atoms with Gasteiger partial charge in [-0.05, 0) is 39.8 Å². The number of aliphatic hydroxyl groups excluding tert-OH is 1. The van der Waals surface area contributed by atoms with E-state index in [0.717, 1.165) is 25.9 Å². The van der Waals surface area contributed by atoms with Crippen molar-refractivity contribution in [1.29, 1.82) is 0 Å². The molecule has 0 aliphatic rings. The molecule has 1 unspecified atom stereocenters. The first-order valence-corrected chi connectivity index (χ1v) is 5.90. The molecule has 1 atom stereocenters. The second-order valence-corrected chi connectivity index (χ2v) is 5.38. The van der Waals surface area contributed by atoms with Crippen molar-refractivity contribution in [3.8, 4) is 0 Å². The third-order valence-electron chi connectivity index (χ3n) is 2.73. The first kappa shape index (κ1) is 14.9. The van der Waals surface area contributed by atoms with E-state index in [9.17, 15) is 5.11 Å². The molecule has 15 heavy (non-hydrogen) atoms. The van der Waals surface area contributed by atoms with Gasteiger partial charge >= 0.3 is 0 Å². The molecule has 0 fully saturated rings. The fourth-order valence-corrected chi connectivity index (χ4v) is 1.41. The average molecular weight is 216 g/mol. The lowest BCUT2D eigenvalue weighted by molar-refractivity contribution is 0.156. The summed E-state index contributed by atoms with van der Waals surface area (Å²) in [5.41, 5.74) is -0.111. The highest BCUT2D eigenvalue weighted by atomic mass is 16.3. The van der Waals surface area contributed by atoms with Gasteiger partial charge in [-0.15, -0.1) is 0 Å². The van der Waals surface area contributed by atoms with Crippen LogP contribution in [0.5, 0.6) is 0 Å². The molecule has 0 aromatic rings. The Balaban J connectivity index is 3.85. The van der Waals surface area contributed by atoms with Crippen molar-refractivity contribution in [3.05, 3.63) is 0 Å². The van der Waals surface area contributed by atoms with E-state index in [1.54, 1.807) is 0 Å². The van der Waals surface area contributed by atoms with Crippen LogP contribution in [0, 0.1) is 5.92 Å². The summed E-state index contributed by atoms with van der Waals surface area (Å²) in [6.07, 6.45) is 2.20. The van der Waals surface area contributed by atoms with Gasteiger partial charge in [0.25, 0.3) is 0 Å². The van der Waals surface area contributed by atoms with Gasteiger partial charge < -0.3 is 15.3 Å². The summed E-state index contributed by atoms with van der Waals surface area (Å²) < 4.78 is 0. The molecule has 3 heteroatoms. The van der Waals surface area contributed by atoms with Crippen LogP contribution in [-0.4, -0.2) is 49.3 Å². The molecule has 0 spiro atoms. The second-order valence-electron chi connectivity index (χ2n) is 5.38. The van der Waals surface area contributed by atoms with Crippen LogP contribution in [0.25, 0.3) is 0 Å². The molecule has 92 valence electrons. The number of rotatable bonds is 8. The van der Waals surface area contributed by atoms with Crippen LogP contribution >= 0.6 is 0 Å². The number of nitrogens with one attached hydrogen (secondary N) is 1. The monoisotopic (exact) mass is 216 g/mol. The van der Waals surface area contributed by atoms with Crippen LogP contribution < -0.4 is 5.32 Å². The van der Waals surface area contributed by atoms with Crippen LogP contribution in [0.3, 0.4) is 0 Å². The van der Waals surface area contributed by atoms with Crippen molar-refractivity contribution in [2.24, 2.45) is 5.92 Å². The molecule has 0 aliphatic carbocycles. The summed E-state index contributed by atoms with van der Waals surface area (Å²) in [7, 11) is 4.12. The number of aliphatic hydroxyl groups is 1. The Morgan fingerprint density at radius 3 is 2.33 bits per heavy atom. The van der Waals surface area contributed by atoms with Crippen molar-refractivity contribution in [2.75, 3.05) is 33.8 Å². The Morgan fingerprint density at radius 1 is 1.33 bits per heavy atom. The maximum atomic E-state index is 9.39. The van der Waals surface area contributed by atoms with Crippen LogP contribution in [0.4, 0.5) is 0 Å². The van der Waals surface area contributed by atoms with Gasteiger partial charge in [0.05, 0.1) is 6.61 Å². The fraction of sp³-hybridized carbons (Fsp3) is 1.00. The SMILES string of the molecule is CC(C)CCC(C)(CO)NCCN(C)C. The van der Waals surface area contributed by atoms with E-state index in [1.165, 1.54) is 0 Å². The lowest BCUT2D eigenvalue weighted by Gasteiger charge is -2.30. The van der Waals surface area contributed by atoms with E-state index >= 15 is 0 Å². The third-order valence-corrected chi connectivity index (χ3v) is 2.73. The predicted molar refractivity (Wildman–Crippen MR) is 66.1 cm³/mol. The Bertz CT molecular complexity index is 160. The molecular weight excluding hydrogens is 188 g/mol. The van der Waals surface area contributed by atoms with E-state index in [-0.39, 0.29) is 12.1 Å². The molecule has 0 amide bonds. The molecule has 0 bridgehead atoms. The molecule has 0 aliphatic heterocycles. The summed E-state index contributed by atoms with van der Waals surface area (Å²) >= 11 is 0. The van der Waals surface area contributed by atoms with Gasteiger partial charge in [0.1, 0.15) is 0 Å². The minimum absolute atomic E-state index is 0.111. The molecule has 3 nitrogen and oxygen atoms in total. The van der Waals surface area contributed by atoms with Crippen LogP contribution in [-0.2, 0) is 0 Å². The lowest BCUT2D eigenvalue weighted by atomic mass is 9.92. The minimum atomic E-state index is -0.111. The molecule has 0 saturated heterocycles. The largest absolute Gasteiger partial charge is 0.394 e. The van der Waals surface area contributed by atoms with E-state index < -0.39 is 0 Å². The zero-order valence-corrected chi connectivity index (χ0v) is 11.0. The van der Waals surface area contributed by atoms with Crippen molar-refractivity contribution in [3.63, 3.8) is 0 Å². The van der Waals surface area contributed by atoms with Gasteiger partial charge in [0.15, 0.2) is 0 Å². The standard InChI is InChI=1S/C12H28N2O/c1-11(2)6-7-12(3,10-15)13-8-9-14(4)5/h11,13,15H,6-10H2,1-5H3. The first-order chi connectivity index (χ1) is 6.89. The predicted octanol–water partition coefficient (Wildman–Crippen LogP) is 1.32. The molecule has 0 saturated carbocycles. The molecule has 2 N–H and O–H groups in total. The van der Waals surface area contributed by atoms with E-state index in [0.29, 0.717) is 5.92 Å². The second kappa shape index (κ2) is 7.20. The zero-order valence-electron chi connectivity index (χ0n) is 11.0. The highest BCUT2D eigenvalue weighted by Gasteiger charge is 2.22. The smallest absolute Gasteiger partial charge is 0.0610 e. The Morgan fingerprint density at radius 2 is 1.93 bits per heavy atom. The number of hydrogen-bond donors (Lipinski definition) is 2. The number of likely N-dealkylation sites (N-methyl/N-ethyl adjacent to an activating group) is 1. The molecule has 0 radical (unpaired) electrons. The Kier molecular flexibility index (Phi) is 7.14. The minimum Gasteiger partial charge on any atom is -0.394 e. The summed E-state index contributed by atoms with van der Waals surface area (Å²) in [4.78, 5) is 2.15. The van der Waals surface area contributed by atoms with Crippen LogP contribution in [0.1, 0.15) is 33.6 Å². The highest BCUT2D eigenvalue weighted by molar-refractivity contribution is 4.82. The van der Waals surface area contributed by atoms with Gasteiger partial charge in [-0.25, -0.2) is 0 Å². The van der Waals surface area contributed by atoms with Crippen molar-refractivity contribution in [2.45, 2.75) is 39.2 Å².